The summed E-state index contributed by atoms with van der Waals surface area (Å²) in [6.45, 7) is 7.28. The fraction of sp³-hybridized carbons (Fsp3) is 0.538. The Kier molecular flexibility index (Phi) is 5.92. The highest BCUT2D eigenvalue weighted by Crippen LogP contribution is 2.26. The zero-order valence-electron chi connectivity index (χ0n) is 10.5. The molecule has 2 unspecified atom stereocenters. The Balaban J connectivity index is 2.55. The molecular formula is C13H19F2NS. The first-order valence-corrected chi connectivity index (χ1v) is 6.77. The van der Waals surface area contributed by atoms with Gasteiger partial charge in [-0.1, -0.05) is 13.8 Å². The fourth-order valence-electron chi connectivity index (χ4n) is 1.40. The lowest BCUT2D eigenvalue weighted by molar-refractivity contribution is 0.505. The first-order valence-electron chi connectivity index (χ1n) is 5.89. The van der Waals surface area contributed by atoms with Crippen molar-refractivity contribution in [2.45, 2.75) is 43.4 Å². The van der Waals surface area contributed by atoms with Gasteiger partial charge in [-0.15, -0.1) is 11.8 Å². The number of nitrogens with one attached hydrogen (secondary N) is 1. The summed E-state index contributed by atoms with van der Waals surface area (Å²) in [5.41, 5.74) is 0. The van der Waals surface area contributed by atoms with Gasteiger partial charge in [-0.25, -0.2) is 8.78 Å². The molecule has 4 heteroatoms. The number of benzene rings is 1. The van der Waals surface area contributed by atoms with Crippen LogP contribution in [-0.2, 0) is 0 Å². The highest BCUT2D eigenvalue weighted by molar-refractivity contribution is 8.00. The van der Waals surface area contributed by atoms with Crippen LogP contribution in [0, 0.1) is 11.6 Å². The van der Waals surface area contributed by atoms with Crippen LogP contribution in [0.5, 0.6) is 0 Å². The SMILES string of the molecule is CCCNC(C)C(C)Sc1ccc(F)c(F)c1. The van der Waals surface area contributed by atoms with Crippen molar-refractivity contribution in [2.75, 3.05) is 6.54 Å². The molecule has 1 rings (SSSR count). The second-order valence-corrected chi connectivity index (χ2v) is 5.59. The molecule has 0 aliphatic heterocycles. The normalized spacial score (nSPS) is 14.6. The fourth-order valence-corrected chi connectivity index (χ4v) is 2.45. The van der Waals surface area contributed by atoms with Crippen molar-refractivity contribution >= 4 is 11.8 Å². The first kappa shape index (κ1) is 14.5. The van der Waals surface area contributed by atoms with Crippen LogP contribution >= 0.6 is 11.8 Å². The topological polar surface area (TPSA) is 12.0 Å². The lowest BCUT2D eigenvalue weighted by Gasteiger charge is -2.20. The number of hydrogen-bond donors (Lipinski definition) is 1. The molecule has 1 aromatic carbocycles. The molecule has 0 radical (unpaired) electrons. The van der Waals surface area contributed by atoms with Crippen LogP contribution in [0.2, 0.25) is 0 Å². The van der Waals surface area contributed by atoms with Crippen LogP contribution in [0.1, 0.15) is 27.2 Å². The zero-order valence-corrected chi connectivity index (χ0v) is 11.3. The van der Waals surface area contributed by atoms with E-state index < -0.39 is 11.6 Å². The molecule has 0 fully saturated rings. The minimum atomic E-state index is -0.792. The van der Waals surface area contributed by atoms with Gasteiger partial charge in [-0.05, 0) is 38.1 Å². The third kappa shape index (κ3) is 4.64. The number of thioether (sulfide) groups is 1. The van der Waals surface area contributed by atoms with Gasteiger partial charge in [0.1, 0.15) is 0 Å². The van der Waals surface area contributed by atoms with Crippen molar-refractivity contribution in [3.05, 3.63) is 29.8 Å². The molecule has 1 N–H and O–H groups in total. The Hall–Kier alpha value is -0.610. The monoisotopic (exact) mass is 259 g/mol. The smallest absolute Gasteiger partial charge is 0.159 e. The average molecular weight is 259 g/mol. The van der Waals surface area contributed by atoms with Crippen molar-refractivity contribution in [3.8, 4) is 0 Å². The van der Waals surface area contributed by atoms with Gasteiger partial charge in [0.25, 0.3) is 0 Å². The second-order valence-electron chi connectivity index (χ2n) is 4.14. The Bertz CT molecular complexity index is 357. The minimum Gasteiger partial charge on any atom is -0.313 e. The highest BCUT2D eigenvalue weighted by atomic mass is 32.2. The Labute approximate surface area is 106 Å². The largest absolute Gasteiger partial charge is 0.313 e. The summed E-state index contributed by atoms with van der Waals surface area (Å²) in [7, 11) is 0. The minimum absolute atomic E-state index is 0.311. The van der Waals surface area contributed by atoms with E-state index in [1.807, 2.05) is 0 Å². The third-order valence-corrected chi connectivity index (χ3v) is 3.94. The number of rotatable bonds is 6. The maximum absolute atomic E-state index is 13.0. The van der Waals surface area contributed by atoms with Gasteiger partial charge in [-0.3, -0.25) is 0 Å². The Morgan fingerprint density at radius 1 is 1.24 bits per heavy atom. The summed E-state index contributed by atoms with van der Waals surface area (Å²) in [6.07, 6.45) is 1.09. The highest BCUT2D eigenvalue weighted by Gasteiger charge is 2.13. The predicted molar refractivity (Wildman–Crippen MR) is 69.4 cm³/mol. The van der Waals surface area contributed by atoms with Gasteiger partial charge >= 0.3 is 0 Å². The quantitative estimate of drug-likeness (QED) is 0.779. The van der Waals surface area contributed by atoms with Gasteiger partial charge in [0.2, 0.25) is 0 Å². The van der Waals surface area contributed by atoms with Crippen LogP contribution in [0.4, 0.5) is 8.78 Å². The Morgan fingerprint density at radius 3 is 2.53 bits per heavy atom. The van der Waals surface area contributed by atoms with Crippen molar-refractivity contribution in [1.82, 2.24) is 5.32 Å². The van der Waals surface area contributed by atoms with Gasteiger partial charge in [0.05, 0.1) is 0 Å². The lowest BCUT2D eigenvalue weighted by atomic mass is 10.2. The number of hydrogen-bond acceptors (Lipinski definition) is 2. The van der Waals surface area contributed by atoms with Crippen molar-refractivity contribution in [1.29, 1.82) is 0 Å². The average Bonchev–Trinajstić information content (AvgIpc) is 2.30. The first-order chi connectivity index (χ1) is 8.04. The molecule has 0 saturated heterocycles. The van der Waals surface area contributed by atoms with E-state index in [-0.39, 0.29) is 0 Å². The van der Waals surface area contributed by atoms with E-state index in [1.54, 1.807) is 17.8 Å². The van der Waals surface area contributed by atoms with Gasteiger partial charge in [0, 0.05) is 16.2 Å². The summed E-state index contributed by atoms with van der Waals surface area (Å²) in [5.74, 6) is -1.57. The van der Waals surface area contributed by atoms with E-state index in [2.05, 4.69) is 26.1 Å². The molecule has 0 heterocycles. The van der Waals surface area contributed by atoms with E-state index in [9.17, 15) is 8.78 Å². The molecule has 0 amide bonds. The summed E-state index contributed by atoms with van der Waals surface area (Å²) in [5, 5.41) is 3.70. The van der Waals surface area contributed by atoms with E-state index >= 15 is 0 Å². The van der Waals surface area contributed by atoms with Gasteiger partial charge in [0.15, 0.2) is 11.6 Å². The van der Waals surface area contributed by atoms with E-state index in [0.717, 1.165) is 17.9 Å². The molecule has 0 spiro atoms. The molecule has 1 nitrogen and oxygen atoms in total. The number of halogens is 2. The molecule has 17 heavy (non-hydrogen) atoms. The molecule has 0 aliphatic rings. The third-order valence-electron chi connectivity index (χ3n) is 2.63. The second kappa shape index (κ2) is 6.97. The zero-order chi connectivity index (χ0) is 12.8. The maximum atomic E-state index is 13.0. The summed E-state index contributed by atoms with van der Waals surface area (Å²) in [6, 6.07) is 4.39. The van der Waals surface area contributed by atoms with E-state index in [4.69, 9.17) is 0 Å². The maximum Gasteiger partial charge on any atom is 0.159 e. The van der Waals surface area contributed by atoms with Gasteiger partial charge < -0.3 is 5.32 Å². The molecule has 96 valence electrons. The van der Waals surface area contributed by atoms with Crippen LogP contribution in [0.25, 0.3) is 0 Å². The molecule has 0 aliphatic carbocycles. The van der Waals surface area contributed by atoms with E-state index in [0.29, 0.717) is 11.3 Å². The van der Waals surface area contributed by atoms with E-state index in [1.165, 1.54) is 12.1 Å². The van der Waals surface area contributed by atoms with Crippen LogP contribution < -0.4 is 5.32 Å². The van der Waals surface area contributed by atoms with Crippen LogP contribution in [-0.4, -0.2) is 17.8 Å². The molecular weight excluding hydrogens is 240 g/mol. The summed E-state index contributed by atoms with van der Waals surface area (Å²) >= 11 is 1.56. The summed E-state index contributed by atoms with van der Waals surface area (Å²) in [4.78, 5) is 0.765. The Morgan fingerprint density at radius 2 is 1.94 bits per heavy atom. The molecule has 0 aromatic heterocycles. The summed E-state index contributed by atoms with van der Waals surface area (Å²) < 4.78 is 25.8. The van der Waals surface area contributed by atoms with Crippen molar-refractivity contribution in [2.24, 2.45) is 0 Å². The predicted octanol–water partition coefficient (Wildman–Crippen LogP) is 3.83. The van der Waals surface area contributed by atoms with Crippen LogP contribution in [0.15, 0.2) is 23.1 Å². The van der Waals surface area contributed by atoms with Crippen molar-refractivity contribution < 1.29 is 8.78 Å². The molecule has 1 aromatic rings. The molecule has 2 atom stereocenters. The molecule has 0 bridgehead atoms. The van der Waals surface area contributed by atoms with Gasteiger partial charge in [-0.2, -0.15) is 0 Å². The lowest BCUT2D eigenvalue weighted by Crippen LogP contribution is -2.34. The van der Waals surface area contributed by atoms with Crippen LogP contribution in [0.3, 0.4) is 0 Å². The van der Waals surface area contributed by atoms with Crippen molar-refractivity contribution in [3.63, 3.8) is 0 Å². The molecule has 0 saturated carbocycles. The standard InChI is InChI=1S/C13H19F2NS/c1-4-7-16-9(2)10(3)17-11-5-6-12(14)13(15)8-11/h5-6,8-10,16H,4,7H2,1-3H3.